The van der Waals surface area contributed by atoms with Crippen molar-refractivity contribution in [3.8, 4) is 5.75 Å². The van der Waals surface area contributed by atoms with Crippen LogP contribution in [0.2, 0.25) is 5.02 Å². The molecule has 0 aliphatic carbocycles. The number of carbonyl (C=O) groups is 2. The number of H-pyrrole nitrogens is 1. The quantitative estimate of drug-likeness (QED) is 0.654. The van der Waals surface area contributed by atoms with Crippen LogP contribution in [0.25, 0.3) is 0 Å². The standard InChI is InChI=1S/C11H7ClN2O4/c12-6-3-1-2-4-7(6)18-11(17)9-8(10(15)16)13-5-14-9/h1-5H,(H,13,14)(H,15,16). The molecule has 92 valence electrons. The summed E-state index contributed by atoms with van der Waals surface area (Å²) in [5.74, 6) is -2.03. The summed E-state index contributed by atoms with van der Waals surface area (Å²) in [7, 11) is 0. The fraction of sp³-hybridized carbons (Fsp3) is 0. The molecule has 2 aromatic rings. The van der Waals surface area contributed by atoms with Crippen LogP contribution in [0.3, 0.4) is 0 Å². The predicted octanol–water partition coefficient (Wildman–Crippen LogP) is 1.98. The van der Waals surface area contributed by atoms with Crippen LogP contribution in [0, 0.1) is 0 Å². The lowest BCUT2D eigenvalue weighted by Gasteiger charge is -2.04. The molecule has 0 atom stereocenters. The lowest BCUT2D eigenvalue weighted by Crippen LogP contribution is -2.14. The molecule has 7 heteroatoms. The number of aromatic carboxylic acids is 1. The van der Waals surface area contributed by atoms with E-state index in [9.17, 15) is 9.59 Å². The lowest BCUT2D eigenvalue weighted by molar-refractivity contribution is 0.0661. The molecule has 0 radical (unpaired) electrons. The molecular weight excluding hydrogens is 260 g/mol. The van der Waals surface area contributed by atoms with Crippen LogP contribution in [0.1, 0.15) is 21.0 Å². The molecule has 2 rings (SSSR count). The summed E-state index contributed by atoms with van der Waals surface area (Å²) in [6.45, 7) is 0. The number of rotatable bonds is 3. The number of carboxylic acids is 1. The van der Waals surface area contributed by atoms with Gasteiger partial charge in [-0.25, -0.2) is 14.6 Å². The van der Waals surface area contributed by atoms with Gasteiger partial charge in [-0.05, 0) is 12.1 Å². The highest BCUT2D eigenvalue weighted by Gasteiger charge is 2.21. The Hall–Kier alpha value is -2.34. The third-order valence-corrected chi connectivity index (χ3v) is 2.40. The SMILES string of the molecule is O=C(O)c1nc[nH]c1C(=O)Oc1ccccc1Cl. The fourth-order valence-electron chi connectivity index (χ4n) is 1.29. The normalized spacial score (nSPS) is 10.1. The fourth-order valence-corrected chi connectivity index (χ4v) is 1.46. The highest BCUT2D eigenvalue weighted by Crippen LogP contribution is 2.24. The Morgan fingerprint density at radius 1 is 1.33 bits per heavy atom. The van der Waals surface area contributed by atoms with Crippen LogP contribution >= 0.6 is 11.6 Å². The van der Waals surface area contributed by atoms with Crippen molar-refractivity contribution in [1.82, 2.24) is 9.97 Å². The van der Waals surface area contributed by atoms with E-state index in [0.717, 1.165) is 6.33 Å². The van der Waals surface area contributed by atoms with Gasteiger partial charge in [0.15, 0.2) is 11.4 Å². The first-order valence-electron chi connectivity index (χ1n) is 4.83. The number of hydrogen-bond acceptors (Lipinski definition) is 4. The Morgan fingerprint density at radius 2 is 2.06 bits per heavy atom. The average molecular weight is 267 g/mol. The van der Waals surface area contributed by atoms with E-state index < -0.39 is 17.6 Å². The molecule has 18 heavy (non-hydrogen) atoms. The van der Waals surface area contributed by atoms with Crippen LogP contribution in [0.5, 0.6) is 5.75 Å². The van der Waals surface area contributed by atoms with Crippen LogP contribution in [-0.2, 0) is 0 Å². The predicted molar refractivity (Wildman–Crippen MR) is 62.0 cm³/mol. The molecular formula is C11H7ClN2O4. The van der Waals surface area contributed by atoms with E-state index in [1.54, 1.807) is 18.2 Å². The first-order chi connectivity index (χ1) is 8.59. The van der Waals surface area contributed by atoms with Gasteiger partial charge < -0.3 is 14.8 Å². The molecule has 1 heterocycles. The number of esters is 1. The van der Waals surface area contributed by atoms with Crippen molar-refractivity contribution in [3.05, 3.63) is 47.0 Å². The smallest absolute Gasteiger partial charge is 0.362 e. The van der Waals surface area contributed by atoms with Gasteiger partial charge in [-0.15, -0.1) is 0 Å². The summed E-state index contributed by atoms with van der Waals surface area (Å²) in [5, 5.41) is 9.06. The molecule has 0 bridgehead atoms. The highest BCUT2D eigenvalue weighted by atomic mass is 35.5. The van der Waals surface area contributed by atoms with Crippen LogP contribution in [0.4, 0.5) is 0 Å². The zero-order valence-electron chi connectivity index (χ0n) is 8.88. The number of para-hydroxylation sites is 1. The van der Waals surface area contributed by atoms with E-state index >= 15 is 0 Å². The van der Waals surface area contributed by atoms with Gasteiger partial charge in [0.25, 0.3) is 0 Å². The number of benzene rings is 1. The van der Waals surface area contributed by atoms with Crippen molar-refractivity contribution in [2.45, 2.75) is 0 Å². The van der Waals surface area contributed by atoms with E-state index in [1.807, 2.05) is 0 Å². The number of hydrogen-bond donors (Lipinski definition) is 2. The minimum absolute atomic E-state index is 0.148. The van der Waals surface area contributed by atoms with Crippen LogP contribution < -0.4 is 4.74 Å². The van der Waals surface area contributed by atoms with Crippen LogP contribution in [0.15, 0.2) is 30.6 Å². The molecule has 0 amide bonds. The largest absolute Gasteiger partial charge is 0.476 e. The number of imidazole rings is 1. The Labute approximate surface area is 106 Å². The van der Waals surface area contributed by atoms with Crippen molar-refractivity contribution in [3.63, 3.8) is 0 Å². The van der Waals surface area contributed by atoms with E-state index in [-0.39, 0.29) is 16.5 Å². The average Bonchev–Trinajstić information content (AvgIpc) is 2.81. The van der Waals surface area contributed by atoms with E-state index in [4.69, 9.17) is 21.4 Å². The summed E-state index contributed by atoms with van der Waals surface area (Å²) in [6, 6.07) is 6.37. The highest BCUT2D eigenvalue weighted by molar-refractivity contribution is 6.32. The summed E-state index contributed by atoms with van der Waals surface area (Å²) < 4.78 is 4.97. The third kappa shape index (κ3) is 2.33. The molecule has 0 spiro atoms. The second-order valence-electron chi connectivity index (χ2n) is 3.25. The second kappa shape index (κ2) is 4.89. The summed E-state index contributed by atoms with van der Waals surface area (Å²) in [4.78, 5) is 28.5. The van der Waals surface area contributed by atoms with Gasteiger partial charge in [-0.1, -0.05) is 23.7 Å². The number of aromatic amines is 1. The van der Waals surface area contributed by atoms with Gasteiger partial charge in [-0.3, -0.25) is 0 Å². The molecule has 2 N–H and O–H groups in total. The third-order valence-electron chi connectivity index (χ3n) is 2.09. The summed E-state index contributed by atoms with van der Waals surface area (Å²) in [6.07, 6.45) is 1.10. The van der Waals surface area contributed by atoms with Gasteiger partial charge in [0.05, 0.1) is 11.3 Å². The van der Waals surface area contributed by atoms with E-state index in [2.05, 4.69) is 9.97 Å². The first kappa shape index (κ1) is 12.1. The topological polar surface area (TPSA) is 92.3 Å². The molecule has 0 unspecified atom stereocenters. The Balaban J connectivity index is 2.25. The van der Waals surface area contributed by atoms with Gasteiger partial charge in [0, 0.05) is 0 Å². The lowest BCUT2D eigenvalue weighted by atomic mass is 10.3. The van der Waals surface area contributed by atoms with Gasteiger partial charge in [-0.2, -0.15) is 0 Å². The molecule has 1 aromatic carbocycles. The van der Waals surface area contributed by atoms with Crippen molar-refractivity contribution in [2.75, 3.05) is 0 Å². The number of halogens is 1. The monoisotopic (exact) mass is 266 g/mol. The van der Waals surface area contributed by atoms with Crippen molar-refractivity contribution < 1.29 is 19.4 Å². The number of nitrogens with one attached hydrogen (secondary N) is 1. The molecule has 0 fully saturated rings. The van der Waals surface area contributed by atoms with Crippen LogP contribution in [-0.4, -0.2) is 27.0 Å². The Kier molecular flexibility index (Phi) is 3.29. The van der Waals surface area contributed by atoms with Gasteiger partial charge in [0.2, 0.25) is 0 Å². The van der Waals surface area contributed by atoms with E-state index in [1.165, 1.54) is 6.07 Å². The minimum Gasteiger partial charge on any atom is -0.476 e. The molecule has 0 saturated heterocycles. The minimum atomic E-state index is -1.32. The van der Waals surface area contributed by atoms with Crippen molar-refractivity contribution in [2.24, 2.45) is 0 Å². The molecule has 0 saturated carbocycles. The molecule has 0 aliphatic heterocycles. The number of carboxylic acid groups (broad SMARTS) is 1. The zero-order valence-corrected chi connectivity index (χ0v) is 9.64. The van der Waals surface area contributed by atoms with Crippen molar-refractivity contribution >= 4 is 23.5 Å². The maximum absolute atomic E-state index is 11.7. The molecule has 6 nitrogen and oxygen atoms in total. The molecule has 0 aliphatic rings. The Bertz CT molecular complexity index is 609. The first-order valence-corrected chi connectivity index (χ1v) is 5.20. The number of ether oxygens (including phenoxy) is 1. The maximum Gasteiger partial charge on any atom is 0.362 e. The second-order valence-corrected chi connectivity index (χ2v) is 3.66. The Morgan fingerprint density at radius 3 is 2.72 bits per heavy atom. The number of nitrogens with zero attached hydrogens (tertiary/aromatic N) is 1. The molecule has 1 aromatic heterocycles. The maximum atomic E-state index is 11.7. The zero-order chi connectivity index (χ0) is 13.1. The number of aromatic nitrogens is 2. The summed E-state index contributed by atoms with van der Waals surface area (Å²) >= 11 is 5.81. The summed E-state index contributed by atoms with van der Waals surface area (Å²) in [5.41, 5.74) is -0.630. The van der Waals surface area contributed by atoms with E-state index in [0.29, 0.717) is 0 Å². The number of carbonyl (C=O) groups excluding carboxylic acids is 1. The van der Waals surface area contributed by atoms with Gasteiger partial charge in [0.1, 0.15) is 5.75 Å². The van der Waals surface area contributed by atoms with Gasteiger partial charge >= 0.3 is 11.9 Å². The van der Waals surface area contributed by atoms with Crippen molar-refractivity contribution in [1.29, 1.82) is 0 Å².